The van der Waals surface area contributed by atoms with Gasteiger partial charge in [0.2, 0.25) is 0 Å². The van der Waals surface area contributed by atoms with Gasteiger partial charge in [-0.2, -0.15) is 0 Å². The Morgan fingerprint density at radius 1 is 1.50 bits per heavy atom. The topological polar surface area (TPSA) is 32.3 Å². The van der Waals surface area contributed by atoms with Crippen LogP contribution in [0.2, 0.25) is 0 Å². The summed E-state index contributed by atoms with van der Waals surface area (Å²) in [4.78, 5) is 17.0. The maximum absolute atomic E-state index is 12.6. The van der Waals surface area contributed by atoms with Gasteiger partial charge in [-0.25, -0.2) is 0 Å². The number of amides is 1. The van der Waals surface area contributed by atoms with Crippen LogP contribution < -0.4 is 5.32 Å². The van der Waals surface area contributed by atoms with E-state index in [2.05, 4.69) is 30.1 Å². The second-order valence-electron chi connectivity index (χ2n) is 5.40. The fraction of sp³-hybridized carbons (Fsp3) is 0.643. The summed E-state index contributed by atoms with van der Waals surface area (Å²) >= 11 is 1.65. The molecule has 3 nitrogen and oxygen atoms in total. The van der Waals surface area contributed by atoms with E-state index < -0.39 is 0 Å². The molecular formula is C14H20N2OS. The molecule has 1 N–H and O–H groups in total. The Labute approximate surface area is 112 Å². The van der Waals surface area contributed by atoms with Crippen molar-refractivity contribution in [2.45, 2.75) is 38.8 Å². The number of hydrogen-bond donors (Lipinski definition) is 1. The van der Waals surface area contributed by atoms with Gasteiger partial charge in [0.15, 0.2) is 0 Å². The first kappa shape index (κ1) is 12.2. The highest BCUT2D eigenvalue weighted by atomic mass is 32.1. The van der Waals surface area contributed by atoms with Crippen molar-refractivity contribution in [2.75, 3.05) is 13.1 Å². The third-order valence-corrected chi connectivity index (χ3v) is 5.45. The summed E-state index contributed by atoms with van der Waals surface area (Å²) in [6.07, 6.45) is 2.16. The molecule has 1 aromatic heterocycles. The number of rotatable bonds is 2. The van der Waals surface area contributed by atoms with E-state index in [1.54, 1.807) is 11.3 Å². The van der Waals surface area contributed by atoms with Crippen LogP contribution in [-0.2, 0) is 6.42 Å². The van der Waals surface area contributed by atoms with Crippen LogP contribution in [-0.4, -0.2) is 36.0 Å². The SMILES string of the molecule is CCc1ccc(C(=O)N2C(C)CC3CNCC32)s1. The summed E-state index contributed by atoms with van der Waals surface area (Å²) in [5.74, 6) is 0.901. The van der Waals surface area contributed by atoms with Crippen LogP contribution in [0.15, 0.2) is 12.1 Å². The van der Waals surface area contributed by atoms with E-state index in [4.69, 9.17) is 0 Å². The van der Waals surface area contributed by atoms with Crippen LogP contribution in [0.1, 0.15) is 34.8 Å². The van der Waals surface area contributed by atoms with Crippen molar-refractivity contribution in [2.24, 2.45) is 5.92 Å². The van der Waals surface area contributed by atoms with Gasteiger partial charge in [0.1, 0.15) is 0 Å². The number of hydrogen-bond acceptors (Lipinski definition) is 3. The van der Waals surface area contributed by atoms with Gasteiger partial charge in [0, 0.05) is 30.1 Å². The molecule has 0 radical (unpaired) electrons. The number of nitrogens with one attached hydrogen (secondary N) is 1. The maximum atomic E-state index is 12.6. The highest BCUT2D eigenvalue weighted by Crippen LogP contribution is 2.34. The molecule has 4 heteroatoms. The molecular weight excluding hydrogens is 244 g/mol. The molecule has 2 aliphatic rings. The molecule has 1 aromatic rings. The maximum Gasteiger partial charge on any atom is 0.264 e. The summed E-state index contributed by atoms with van der Waals surface area (Å²) in [6, 6.07) is 4.89. The number of fused-ring (bicyclic) bond motifs is 1. The molecule has 98 valence electrons. The Balaban J connectivity index is 1.83. The third kappa shape index (κ3) is 1.88. The highest BCUT2D eigenvalue weighted by molar-refractivity contribution is 7.14. The van der Waals surface area contributed by atoms with Crippen LogP contribution in [0.4, 0.5) is 0 Å². The van der Waals surface area contributed by atoms with Gasteiger partial charge in [-0.1, -0.05) is 6.92 Å². The minimum Gasteiger partial charge on any atom is -0.331 e. The van der Waals surface area contributed by atoms with Gasteiger partial charge < -0.3 is 10.2 Å². The monoisotopic (exact) mass is 264 g/mol. The standard InChI is InChI=1S/C14H20N2OS/c1-3-11-4-5-13(18-11)14(17)16-9(2)6-10-7-15-8-12(10)16/h4-5,9-10,12,15H,3,6-8H2,1-2H3. The molecule has 3 rings (SSSR count). The molecule has 3 atom stereocenters. The van der Waals surface area contributed by atoms with Gasteiger partial charge in [-0.05, 0) is 37.8 Å². The van der Waals surface area contributed by atoms with E-state index in [1.165, 1.54) is 4.88 Å². The lowest BCUT2D eigenvalue weighted by atomic mass is 10.0. The van der Waals surface area contributed by atoms with Crippen LogP contribution in [0.3, 0.4) is 0 Å². The van der Waals surface area contributed by atoms with Crippen LogP contribution in [0, 0.1) is 5.92 Å². The first-order valence-electron chi connectivity index (χ1n) is 6.82. The molecule has 3 unspecified atom stereocenters. The van der Waals surface area contributed by atoms with Gasteiger partial charge in [0.25, 0.3) is 5.91 Å². The molecule has 0 aliphatic carbocycles. The van der Waals surface area contributed by atoms with Crippen molar-refractivity contribution in [3.8, 4) is 0 Å². The van der Waals surface area contributed by atoms with Crippen LogP contribution >= 0.6 is 11.3 Å². The van der Waals surface area contributed by atoms with Gasteiger partial charge in [-0.15, -0.1) is 11.3 Å². The summed E-state index contributed by atoms with van der Waals surface area (Å²) in [5.41, 5.74) is 0. The van der Waals surface area contributed by atoms with E-state index in [9.17, 15) is 4.79 Å². The van der Waals surface area contributed by atoms with E-state index in [-0.39, 0.29) is 5.91 Å². The molecule has 1 amide bonds. The Kier molecular flexibility index (Phi) is 3.16. The van der Waals surface area contributed by atoms with E-state index in [1.807, 2.05) is 6.07 Å². The molecule has 0 spiro atoms. The van der Waals surface area contributed by atoms with Crippen molar-refractivity contribution < 1.29 is 4.79 Å². The normalized spacial score (nSPS) is 30.8. The largest absolute Gasteiger partial charge is 0.331 e. The number of nitrogens with zero attached hydrogens (tertiary/aromatic N) is 1. The number of carbonyl (C=O) groups excluding carboxylic acids is 1. The highest BCUT2D eigenvalue weighted by Gasteiger charge is 2.44. The van der Waals surface area contributed by atoms with E-state index >= 15 is 0 Å². The Morgan fingerprint density at radius 3 is 3.06 bits per heavy atom. The molecule has 0 bridgehead atoms. The van der Waals surface area contributed by atoms with Crippen molar-refractivity contribution in [3.63, 3.8) is 0 Å². The molecule has 2 saturated heterocycles. The molecule has 2 aliphatic heterocycles. The third-order valence-electron chi connectivity index (χ3n) is 4.24. The predicted octanol–water partition coefficient (Wildman–Crippen LogP) is 2.13. The van der Waals surface area contributed by atoms with E-state index in [0.717, 1.165) is 30.8 Å². The summed E-state index contributed by atoms with van der Waals surface area (Å²) in [5, 5.41) is 3.41. The van der Waals surface area contributed by atoms with Gasteiger partial charge >= 0.3 is 0 Å². The van der Waals surface area contributed by atoms with Crippen LogP contribution in [0.25, 0.3) is 0 Å². The lowest BCUT2D eigenvalue weighted by Crippen LogP contribution is -2.42. The Morgan fingerprint density at radius 2 is 2.33 bits per heavy atom. The van der Waals surface area contributed by atoms with Crippen molar-refractivity contribution in [1.29, 1.82) is 0 Å². The average Bonchev–Trinajstić information content (AvgIpc) is 3.01. The minimum absolute atomic E-state index is 0.239. The van der Waals surface area contributed by atoms with Crippen molar-refractivity contribution in [3.05, 3.63) is 21.9 Å². The van der Waals surface area contributed by atoms with E-state index in [0.29, 0.717) is 18.0 Å². The Bertz CT molecular complexity index is 456. The summed E-state index contributed by atoms with van der Waals surface area (Å²) in [6.45, 7) is 6.36. The minimum atomic E-state index is 0.239. The average molecular weight is 264 g/mol. The fourth-order valence-corrected chi connectivity index (χ4v) is 4.22. The molecule has 0 aromatic carbocycles. The zero-order valence-electron chi connectivity index (χ0n) is 11.0. The first-order valence-corrected chi connectivity index (χ1v) is 7.64. The second kappa shape index (κ2) is 4.67. The number of thiophene rings is 1. The number of carbonyl (C=O) groups is 1. The predicted molar refractivity (Wildman–Crippen MR) is 74.1 cm³/mol. The molecule has 2 fully saturated rings. The fourth-order valence-electron chi connectivity index (χ4n) is 3.32. The zero-order chi connectivity index (χ0) is 12.7. The Hall–Kier alpha value is -0.870. The van der Waals surface area contributed by atoms with Crippen LogP contribution in [0.5, 0.6) is 0 Å². The van der Waals surface area contributed by atoms with Gasteiger partial charge in [-0.3, -0.25) is 4.79 Å². The molecule has 0 saturated carbocycles. The molecule has 3 heterocycles. The zero-order valence-corrected chi connectivity index (χ0v) is 11.8. The lowest BCUT2D eigenvalue weighted by molar-refractivity contribution is 0.0687. The first-order chi connectivity index (χ1) is 8.70. The smallest absolute Gasteiger partial charge is 0.264 e. The summed E-state index contributed by atoms with van der Waals surface area (Å²) in [7, 11) is 0. The molecule has 18 heavy (non-hydrogen) atoms. The number of aryl methyl sites for hydroxylation is 1. The lowest BCUT2D eigenvalue weighted by Gasteiger charge is -2.27. The number of likely N-dealkylation sites (tertiary alicyclic amines) is 1. The summed E-state index contributed by atoms with van der Waals surface area (Å²) < 4.78 is 0. The van der Waals surface area contributed by atoms with Crippen molar-refractivity contribution in [1.82, 2.24) is 10.2 Å². The second-order valence-corrected chi connectivity index (χ2v) is 6.57. The van der Waals surface area contributed by atoms with Crippen molar-refractivity contribution >= 4 is 17.2 Å². The quantitative estimate of drug-likeness (QED) is 0.887. The van der Waals surface area contributed by atoms with Gasteiger partial charge in [0.05, 0.1) is 4.88 Å².